The largest absolute Gasteiger partial charge is 0.346 e. The molecule has 3 aromatic rings. The number of nitrogens with zero attached hydrogens (tertiary/aromatic N) is 2. The summed E-state index contributed by atoms with van der Waals surface area (Å²) in [7, 11) is 1.69. The van der Waals surface area contributed by atoms with Gasteiger partial charge in [-0.15, -0.1) is 0 Å². The summed E-state index contributed by atoms with van der Waals surface area (Å²) < 4.78 is 28.4. The quantitative estimate of drug-likeness (QED) is 0.598. The number of amides is 1. The van der Waals surface area contributed by atoms with Crippen LogP contribution in [-0.4, -0.2) is 51.5 Å². The van der Waals surface area contributed by atoms with Gasteiger partial charge < -0.3 is 14.8 Å². The maximum atomic E-state index is 12.7. The second-order valence-corrected chi connectivity index (χ2v) is 9.18. The summed E-state index contributed by atoms with van der Waals surface area (Å²) in [4.78, 5) is 14.8. The molecule has 0 unspecified atom stereocenters. The monoisotopic (exact) mass is 434 g/mol. The topological polar surface area (TPSA) is 83.4 Å². The highest BCUT2D eigenvalue weighted by atomic mass is 35.5. The van der Waals surface area contributed by atoms with E-state index in [1.165, 1.54) is 25.2 Å². The number of carbonyl (C=O) groups is 1. The number of hydrogen-bond donors (Lipinski definition) is 2. The van der Waals surface area contributed by atoms with Gasteiger partial charge in [-0.3, -0.25) is 4.79 Å². The Morgan fingerprint density at radius 2 is 1.90 bits per heavy atom. The van der Waals surface area contributed by atoms with E-state index in [4.69, 9.17) is 11.6 Å². The van der Waals surface area contributed by atoms with Crippen molar-refractivity contribution in [2.45, 2.75) is 11.4 Å². The number of carbonyl (C=O) groups excluding carboxylic acids is 1. The third kappa shape index (κ3) is 4.79. The molecule has 1 heterocycles. The Bertz CT molecular complexity index is 1160. The minimum absolute atomic E-state index is 0.0250. The number of benzene rings is 2. The number of sulfonamides is 1. The number of hydrogen-bond acceptors (Lipinski definition) is 4. The van der Waals surface area contributed by atoms with Gasteiger partial charge in [-0.2, -0.15) is 0 Å². The summed E-state index contributed by atoms with van der Waals surface area (Å²) in [6.45, 7) is 1.79. The molecular weight excluding hydrogens is 412 g/mol. The number of likely N-dealkylation sites (N-methyl/N-ethyl adjacent to an activating group) is 1. The van der Waals surface area contributed by atoms with Gasteiger partial charge in [-0.05, 0) is 63.6 Å². The highest BCUT2D eigenvalue weighted by Crippen LogP contribution is 2.24. The molecule has 0 saturated carbocycles. The number of rotatable bonds is 7. The minimum atomic E-state index is -3.68. The van der Waals surface area contributed by atoms with E-state index in [1.54, 1.807) is 0 Å². The number of aromatic nitrogens is 1. The van der Waals surface area contributed by atoms with Crippen LogP contribution in [0.15, 0.2) is 53.6 Å². The number of nitrogens with one attached hydrogen (secondary N) is 2. The summed E-state index contributed by atoms with van der Waals surface area (Å²) in [6, 6.07) is 11.6. The highest BCUT2D eigenvalue weighted by Gasteiger charge is 2.18. The first-order valence-corrected chi connectivity index (χ1v) is 10.9. The van der Waals surface area contributed by atoms with E-state index in [-0.39, 0.29) is 15.5 Å². The molecule has 0 atom stereocenters. The summed E-state index contributed by atoms with van der Waals surface area (Å²) in [5.74, 6) is -0.477. The molecule has 0 aliphatic heterocycles. The van der Waals surface area contributed by atoms with Crippen LogP contribution in [-0.2, 0) is 16.6 Å². The zero-order chi connectivity index (χ0) is 21.2. The summed E-state index contributed by atoms with van der Waals surface area (Å²) in [5, 5.41) is 3.96. The van der Waals surface area contributed by atoms with Crippen molar-refractivity contribution in [2.24, 2.45) is 0 Å². The fourth-order valence-corrected chi connectivity index (χ4v) is 3.90. The Kier molecular flexibility index (Phi) is 6.28. The van der Waals surface area contributed by atoms with E-state index >= 15 is 0 Å². The van der Waals surface area contributed by atoms with E-state index in [2.05, 4.69) is 19.5 Å². The molecule has 29 heavy (non-hydrogen) atoms. The van der Waals surface area contributed by atoms with Crippen molar-refractivity contribution in [1.82, 2.24) is 14.2 Å². The standard InChI is InChI=1S/C20H23ClN4O3S/c1-22-29(27,28)16-5-6-18(21)17(13-16)20(26)23-15-4-7-19-14(12-15)8-9-25(19)11-10-24(2)3/h4-9,12-13,22H,10-11H2,1-3H3,(H,23,26). The zero-order valence-electron chi connectivity index (χ0n) is 16.4. The van der Waals surface area contributed by atoms with Crippen LogP contribution < -0.4 is 10.0 Å². The van der Waals surface area contributed by atoms with Gasteiger partial charge in [0.2, 0.25) is 10.0 Å². The van der Waals surface area contributed by atoms with E-state index in [1.807, 2.05) is 44.6 Å². The Hall–Kier alpha value is -2.39. The van der Waals surface area contributed by atoms with Crippen LogP contribution in [0.25, 0.3) is 10.9 Å². The van der Waals surface area contributed by atoms with E-state index in [0.717, 1.165) is 24.0 Å². The predicted octanol–water partition coefficient (Wildman–Crippen LogP) is 3.02. The second-order valence-electron chi connectivity index (χ2n) is 6.89. The van der Waals surface area contributed by atoms with Gasteiger partial charge in [0.15, 0.2) is 0 Å². The summed E-state index contributed by atoms with van der Waals surface area (Å²) in [6.07, 6.45) is 2.02. The van der Waals surface area contributed by atoms with Crippen molar-refractivity contribution < 1.29 is 13.2 Å². The molecule has 9 heteroatoms. The van der Waals surface area contributed by atoms with Crippen LogP contribution in [0.3, 0.4) is 0 Å². The van der Waals surface area contributed by atoms with Crippen molar-refractivity contribution >= 4 is 44.1 Å². The first-order valence-electron chi connectivity index (χ1n) is 8.99. The molecule has 0 fully saturated rings. The Morgan fingerprint density at radius 3 is 2.59 bits per heavy atom. The van der Waals surface area contributed by atoms with Crippen molar-refractivity contribution in [2.75, 3.05) is 33.0 Å². The Labute approximate surface area is 175 Å². The molecule has 1 aromatic heterocycles. The molecule has 0 bridgehead atoms. The normalized spacial score (nSPS) is 11.9. The van der Waals surface area contributed by atoms with Gasteiger partial charge in [0.1, 0.15) is 0 Å². The zero-order valence-corrected chi connectivity index (χ0v) is 18.0. The fraction of sp³-hybridized carbons (Fsp3) is 0.250. The molecule has 1 amide bonds. The number of halogens is 1. The molecule has 0 aliphatic rings. The highest BCUT2D eigenvalue weighted by molar-refractivity contribution is 7.89. The molecular formula is C20H23ClN4O3S. The van der Waals surface area contributed by atoms with Crippen LogP contribution in [0.5, 0.6) is 0 Å². The Balaban J connectivity index is 1.84. The summed E-state index contributed by atoms with van der Waals surface area (Å²) >= 11 is 6.13. The van der Waals surface area contributed by atoms with Gasteiger partial charge in [0.25, 0.3) is 5.91 Å². The molecule has 154 valence electrons. The lowest BCUT2D eigenvalue weighted by molar-refractivity contribution is 0.102. The third-order valence-electron chi connectivity index (χ3n) is 4.58. The number of fused-ring (bicyclic) bond motifs is 1. The van der Waals surface area contributed by atoms with Crippen molar-refractivity contribution in [3.05, 3.63) is 59.2 Å². The molecule has 0 saturated heterocycles. The molecule has 0 aliphatic carbocycles. The van der Waals surface area contributed by atoms with Crippen LogP contribution in [0, 0.1) is 0 Å². The van der Waals surface area contributed by atoms with Crippen molar-refractivity contribution in [3.8, 4) is 0 Å². The molecule has 2 aromatic carbocycles. The lowest BCUT2D eigenvalue weighted by atomic mass is 10.2. The van der Waals surface area contributed by atoms with Crippen molar-refractivity contribution in [3.63, 3.8) is 0 Å². The SMILES string of the molecule is CNS(=O)(=O)c1ccc(Cl)c(C(=O)Nc2ccc3c(ccn3CCN(C)C)c2)c1. The lowest BCUT2D eigenvalue weighted by Gasteiger charge is -2.12. The molecule has 2 N–H and O–H groups in total. The van der Waals surface area contributed by atoms with Gasteiger partial charge >= 0.3 is 0 Å². The average Bonchev–Trinajstić information content (AvgIpc) is 3.08. The van der Waals surface area contributed by atoms with Crippen LogP contribution in [0.2, 0.25) is 5.02 Å². The first-order chi connectivity index (χ1) is 13.7. The average molecular weight is 435 g/mol. The maximum Gasteiger partial charge on any atom is 0.257 e. The van der Waals surface area contributed by atoms with Crippen LogP contribution >= 0.6 is 11.6 Å². The summed E-state index contributed by atoms with van der Waals surface area (Å²) in [5.41, 5.74) is 1.77. The molecule has 0 radical (unpaired) electrons. The smallest absolute Gasteiger partial charge is 0.257 e. The molecule has 7 nitrogen and oxygen atoms in total. The first kappa shape index (κ1) is 21.3. The Morgan fingerprint density at radius 1 is 1.14 bits per heavy atom. The van der Waals surface area contributed by atoms with E-state index in [0.29, 0.717) is 5.69 Å². The minimum Gasteiger partial charge on any atom is -0.346 e. The third-order valence-corrected chi connectivity index (χ3v) is 6.32. The van der Waals surface area contributed by atoms with E-state index in [9.17, 15) is 13.2 Å². The maximum absolute atomic E-state index is 12.7. The van der Waals surface area contributed by atoms with Gasteiger partial charge in [-0.25, -0.2) is 13.1 Å². The van der Waals surface area contributed by atoms with Gasteiger partial charge in [0, 0.05) is 35.9 Å². The molecule has 0 spiro atoms. The molecule has 3 rings (SSSR count). The number of anilines is 1. The van der Waals surface area contributed by atoms with Gasteiger partial charge in [-0.1, -0.05) is 11.6 Å². The van der Waals surface area contributed by atoms with Gasteiger partial charge in [0.05, 0.1) is 15.5 Å². The van der Waals surface area contributed by atoms with Crippen LogP contribution in [0.4, 0.5) is 5.69 Å². The predicted molar refractivity (Wildman–Crippen MR) is 116 cm³/mol. The van der Waals surface area contributed by atoms with E-state index < -0.39 is 15.9 Å². The second kappa shape index (κ2) is 8.54. The van der Waals surface area contributed by atoms with Crippen LogP contribution in [0.1, 0.15) is 10.4 Å². The van der Waals surface area contributed by atoms with Crippen molar-refractivity contribution in [1.29, 1.82) is 0 Å². The lowest BCUT2D eigenvalue weighted by Crippen LogP contribution is -2.20. The fourth-order valence-electron chi connectivity index (χ4n) is 2.94.